The number of halogens is 2. The molecule has 0 bridgehead atoms. The van der Waals surface area contributed by atoms with Gasteiger partial charge >= 0.3 is 0 Å². The van der Waals surface area contributed by atoms with Crippen molar-refractivity contribution in [2.45, 2.75) is 30.2 Å². The number of amides is 1. The predicted octanol–water partition coefficient (Wildman–Crippen LogP) is 3.75. The van der Waals surface area contributed by atoms with Crippen molar-refractivity contribution in [2.24, 2.45) is 0 Å². The molecule has 0 saturated carbocycles. The lowest BCUT2D eigenvalue weighted by molar-refractivity contribution is -0.116. The average molecular weight is 509 g/mol. The number of ether oxygens (including phenoxy) is 2. The van der Waals surface area contributed by atoms with Crippen LogP contribution in [0.1, 0.15) is 11.3 Å². The first-order chi connectivity index (χ1) is 16.0. The number of nitrogens with one attached hydrogen (secondary N) is 1. The number of hydrogen-bond donors (Lipinski definition) is 1. The molecular weight excluding hydrogens is 487 g/mol. The smallest absolute Gasteiger partial charge is 0.270 e. The van der Waals surface area contributed by atoms with Gasteiger partial charge in [-0.2, -0.15) is 0 Å². The van der Waals surface area contributed by atoms with Crippen LogP contribution in [0.15, 0.2) is 57.1 Å². The van der Waals surface area contributed by atoms with E-state index >= 15 is 0 Å². The molecule has 3 aromatic rings. The van der Waals surface area contributed by atoms with Crippen LogP contribution in [0, 0.1) is 19.7 Å². The van der Waals surface area contributed by atoms with E-state index in [1.165, 1.54) is 57.5 Å². The molecular formula is C23H22ClFN2O6S. The molecule has 1 aromatic heterocycles. The Morgan fingerprint density at radius 1 is 1.06 bits per heavy atom. The number of methoxy groups -OCH3 is 2. The summed E-state index contributed by atoms with van der Waals surface area (Å²) in [5.41, 5.74) is -0.414. The van der Waals surface area contributed by atoms with E-state index in [1.807, 2.05) is 0 Å². The lowest BCUT2D eigenvalue weighted by Crippen LogP contribution is -2.33. The third-order valence-electron chi connectivity index (χ3n) is 5.09. The molecule has 0 radical (unpaired) electrons. The molecule has 3 rings (SSSR count). The van der Waals surface area contributed by atoms with Crippen LogP contribution in [-0.2, 0) is 21.2 Å². The molecule has 180 valence electrons. The van der Waals surface area contributed by atoms with Crippen LogP contribution in [-0.4, -0.2) is 33.1 Å². The molecule has 8 nitrogen and oxygen atoms in total. The Hall–Kier alpha value is -3.37. The van der Waals surface area contributed by atoms with Gasteiger partial charge in [-0.3, -0.25) is 9.59 Å². The number of benzene rings is 2. The van der Waals surface area contributed by atoms with Crippen LogP contribution in [0.25, 0.3) is 0 Å². The van der Waals surface area contributed by atoms with Crippen LogP contribution in [0.4, 0.5) is 10.1 Å². The minimum atomic E-state index is -4.28. The van der Waals surface area contributed by atoms with Gasteiger partial charge in [0.1, 0.15) is 17.3 Å². The van der Waals surface area contributed by atoms with Crippen molar-refractivity contribution in [2.75, 3.05) is 19.5 Å². The standard InChI is InChI=1S/C23H22ClFN2O6S/c1-13-9-14(2)27(12-21(28)26-18-7-5-15(24)10-17(18)25)23(29)22(13)34(30,31)16-6-8-19(32-3)20(11-16)33-4/h5-11H,12H2,1-4H3,(H,26,28). The number of aryl methyl sites for hydroxylation is 2. The number of hydrogen-bond acceptors (Lipinski definition) is 6. The van der Waals surface area contributed by atoms with Gasteiger partial charge in [0.25, 0.3) is 5.56 Å². The Kier molecular flexibility index (Phi) is 7.32. The van der Waals surface area contributed by atoms with Crippen LogP contribution >= 0.6 is 11.6 Å². The van der Waals surface area contributed by atoms with Gasteiger partial charge in [0.05, 0.1) is 24.8 Å². The van der Waals surface area contributed by atoms with E-state index in [1.54, 1.807) is 6.92 Å². The molecule has 0 fully saturated rings. The number of carbonyl (C=O) groups excluding carboxylic acids is 1. The van der Waals surface area contributed by atoms with Crippen molar-refractivity contribution in [3.8, 4) is 11.5 Å². The van der Waals surface area contributed by atoms with Gasteiger partial charge < -0.3 is 19.4 Å². The maximum Gasteiger partial charge on any atom is 0.270 e. The number of sulfone groups is 1. The Morgan fingerprint density at radius 2 is 1.74 bits per heavy atom. The number of anilines is 1. The molecule has 0 aliphatic carbocycles. The fourth-order valence-corrected chi connectivity index (χ4v) is 5.18. The lowest BCUT2D eigenvalue weighted by atomic mass is 10.2. The molecule has 1 amide bonds. The van der Waals surface area contributed by atoms with E-state index in [-0.39, 0.29) is 26.9 Å². The Balaban J connectivity index is 2.03. The summed E-state index contributed by atoms with van der Waals surface area (Å²) < 4.78 is 52.1. The van der Waals surface area contributed by atoms with Crippen LogP contribution in [0.2, 0.25) is 5.02 Å². The van der Waals surface area contributed by atoms with Gasteiger partial charge in [0, 0.05) is 16.8 Å². The molecule has 2 aromatic carbocycles. The third kappa shape index (κ3) is 4.92. The zero-order valence-corrected chi connectivity index (χ0v) is 20.4. The fraction of sp³-hybridized carbons (Fsp3) is 0.217. The number of nitrogens with zero attached hydrogens (tertiary/aromatic N) is 1. The monoisotopic (exact) mass is 508 g/mol. The van der Waals surface area contributed by atoms with Crippen LogP contribution in [0.5, 0.6) is 11.5 Å². The van der Waals surface area contributed by atoms with Crippen molar-refractivity contribution in [1.82, 2.24) is 4.57 Å². The Morgan fingerprint density at radius 3 is 2.35 bits per heavy atom. The van der Waals surface area contributed by atoms with Gasteiger partial charge in [-0.1, -0.05) is 11.6 Å². The molecule has 34 heavy (non-hydrogen) atoms. The van der Waals surface area contributed by atoms with E-state index < -0.39 is 38.6 Å². The summed E-state index contributed by atoms with van der Waals surface area (Å²) >= 11 is 5.72. The molecule has 1 N–H and O–H groups in total. The maximum atomic E-state index is 14.0. The summed E-state index contributed by atoms with van der Waals surface area (Å²) in [5.74, 6) is -0.959. The molecule has 1 heterocycles. The predicted molar refractivity (Wildman–Crippen MR) is 125 cm³/mol. The average Bonchev–Trinajstić information content (AvgIpc) is 2.77. The number of pyridine rings is 1. The summed E-state index contributed by atoms with van der Waals surface area (Å²) in [6, 6.07) is 9.19. The minimum absolute atomic E-state index is 0.120. The first kappa shape index (κ1) is 25.3. The van der Waals surface area contributed by atoms with Crippen molar-refractivity contribution < 1.29 is 27.1 Å². The molecule has 0 unspecified atom stereocenters. The summed E-state index contributed by atoms with van der Waals surface area (Å²) in [5, 5.41) is 2.52. The molecule has 0 spiro atoms. The highest BCUT2D eigenvalue weighted by Gasteiger charge is 2.27. The second-order valence-electron chi connectivity index (χ2n) is 7.38. The van der Waals surface area contributed by atoms with Gasteiger partial charge in [-0.25, -0.2) is 12.8 Å². The number of rotatable bonds is 7. The van der Waals surface area contributed by atoms with Gasteiger partial charge in [-0.15, -0.1) is 0 Å². The van der Waals surface area contributed by atoms with E-state index in [0.717, 1.165) is 10.6 Å². The highest BCUT2D eigenvalue weighted by Crippen LogP contribution is 2.32. The van der Waals surface area contributed by atoms with Crippen LogP contribution in [0.3, 0.4) is 0 Å². The Labute approximate surface area is 200 Å². The number of aromatic nitrogens is 1. The summed E-state index contributed by atoms with van der Waals surface area (Å²) in [7, 11) is -1.50. The summed E-state index contributed by atoms with van der Waals surface area (Å²) in [6.07, 6.45) is 0. The largest absolute Gasteiger partial charge is 0.493 e. The lowest BCUT2D eigenvalue weighted by Gasteiger charge is -2.16. The van der Waals surface area contributed by atoms with E-state index in [2.05, 4.69) is 5.32 Å². The Bertz CT molecular complexity index is 1440. The zero-order chi connectivity index (χ0) is 25.2. The molecule has 0 saturated heterocycles. The van der Waals surface area contributed by atoms with Gasteiger partial charge in [0.15, 0.2) is 11.5 Å². The normalized spacial score (nSPS) is 11.2. The first-order valence-corrected chi connectivity index (χ1v) is 11.8. The third-order valence-corrected chi connectivity index (χ3v) is 7.23. The van der Waals surface area contributed by atoms with Crippen molar-refractivity contribution in [3.63, 3.8) is 0 Å². The summed E-state index contributed by atoms with van der Waals surface area (Å²) in [6.45, 7) is 2.54. The van der Waals surface area contributed by atoms with E-state index in [4.69, 9.17) is 21.1 Å². The molecule has 0 aliphatic rings. The van der Waals surface area contributed by atoms with Crippen molar-refractivity contribution >= 4 is 33.0 Å². The SMILES string of the molecule is COc1ccc(S(=O)(=O)c2c(C)cc(C)n(CC(=O)Nc3ccc(Cl)cc3F)c2=O)cc1OC. The minimum Gasteiger partial charge on any atom is -0.493 e. The fourth-order valence-electron chi connectivity index (χ4n) is 3.46. The molecule has 11 heteroatoms. The van der Waals surface area contributed by atoms with Crippen LogP contribution < -0.4 is 20.3 Å². The van der Waals surface area contributed by atoms with Gasteiger partial charge in [0.2, 0.25) is 15.7 Å². The van der Waals surface area contributed by atoms with Gasteiger partial charge in [-0.05, 0) is 55.8 Å². The zero-order valence-electron chi connectivity index (χ0n) is 18.8. The maximum absolute atomic E-state index is 14.0. The summed E-state index contributed by atoms with van der Waals surface area (Å²) in [4.78, 5) is 25.2. The number of carbonyl (C=O) groups is 1. The van der Waals surface area contributed by atoms with E-state index in [9.17, 15) is 22.4 Å². The molecule has 0 atom stereocenters. The van der Waals surface area contributed by atoms with E-state index in [0.29, 0.717) is 11.4 Å². The van der Waals surface area contributed by atoms with Crippen molar-refractivity contribution in [3.05, 3.63) is 74.9 Å². The topological polar surface area (TPSA) is 104 Å². The second kappa shape index (κ2) is 9.86. The highest BCUT2D eigenvalue weighted by atomic mass is 35.5. The molecule has 0 aliphatic heterocycles. The second-order valence-corrected chi connectivity index (χ2v) is 9.70. The quantitative estimate of drug-likeness (QED) is 0.521. The highest BCUT2D eigenvalue weighted by molar-refractivity contribution is 7.91. The first-order valence-electron chi connectivity index (χ1n) is 9.92. The van der Waals surface area contributed by atoms with Crippen molar-refractivity contribution in [1.29, 1.82) is 0 Å².